The largest absolute Gasteiger partial charge is 0.497 e. The lowest BCUT2D eigenvalue weighted by atomic mass is 9.68. The molecule has 0 saturated carbocycles. The highest BCUT2D eigenvalue weighted by atomic mass is 16.5. The molecule has 4 aromatic carbocycles. The van der Waals surface area contributed by atoms with Crippen molar-refractivity contribution in [2.45, 2.75) is 32.1 Å². The normalized spacial score (nSPS) is 17.5. The van der Waals surface area contributed by atoms with Gasteiger partial charge in [-0.1, -0.05) is 48.5 Å². The van der Waals surface area contributed by atoms with Gasteiger partial charge < -0.3 is 9.47 Å². The molecule has 31 heavy (non-hydrogen) atoms. The monoisotopic (exact) mass is 408 g/mol. The van der Waals surface area contributed by atoms with Gasteiger partial charge in [0.1, 0.15) is 11.5 Å². The van der Waals surface area contributed by atoms with Crippen LogP contribution in [0.15, 0.2) is 72.8 Å². The van der Waals surface area contributed by atoms with Gasteiger partial charge in [-0.25, -0.2) is 0 Å². The third-order valence-corrected chi connectivity index (χ3v) is 6.91. The molecular formula is C29H28O2. The van der Waals surface area contributed by atoms with Crippen LogP contribution >= 0.6 is 0 Å². The van der Waals surface area contributed by atoms with Crippen LogP contribution in [0.4, 0.5) is 0 Å². The van der Waals surface area contributed by atoms with E-state index >= 15 is 0 Å². The van der Waals surface area contributed by atoms with Gasteiger partial charge >= 0.3 is 0 Å². The smallest absolute Gasteiger partial charge is 0.118 e. The van der Waals surface area contributed by atoms with E-state index in [1.54, 1.807) is 14.2 Å². The Labute approximate surface area is 184 Å². The van der Waals surface area contributed by atoms with Gasteiger partial charge in [-0.15, -0.1) is 0 Å². The van der Waals surface area contributed by atoms with E-state index in [2.05, 4.69) is 86.6 Å². The Morgan fingerprint density at radius 1 is 0.581 bits per heavy atom. The average molecular weight is 409 g/mol. The maximum atomic E-state index is 5.41. The minimum absolute atomic E-state index is 0.344. The molecule has 0 fully saturated rings. The van der Waals surface area contributed by atoms with Crippen molar-refractivity contribution < 1.29 is 9.47 Å². The summed E-state index contributed by atoms with van der Waals surface area (Å²) in [5.41, 5.74) is 8.39. The van der Waals surface area contributed by atoms with Gasteiger partial charge in [-0.3, -0.25) is 0 Å². The molecule has 0 bridgehead atoms. The first-order valence-corrected chi connectivity index (χ1v) is 10.9. The van der Waals surface area contributed by atoms with Crippen LogP contribution in [0.2, 0.25) is 0 Å². The predicted molar refractivity (Wildman–Crippen MR) is 128 cm³/mol. The molecule has 0 aliphatic heterocycles. The van der Waals surface area contributed by atoms with E-state index in [0.717, 1.165) is 17.9 Å². The van der Waals surface area contributed by atoms with Gasteiger partial charge in [-0.05, 0) is 88.7 Å². The minimum Gasteiger partial charge on any atom is -0.497 e. The summed E-state index contributed by atoms with van der Waals surface area (Å²) in [6, 6.07) is 26.4. The minimum atomic E-state index is 0.344. The lowest BCUT2D eigenvalue weighted by molar-refractivity contribution is 0.414. The first-order valence-electron chi connectivity index (χ1n) is 10.9. The van der Waals surface area contributed by atoms with E-state index in [4.69, 9.17) is 9.47 Å². The van der Waals surface area contributed by atoms with E-state index in [0.29, 0.717) is 11.8 Å². The molecule has 0 aromatic heterocycles. The van der Waals surface area contributed by atoms with Crippen LogP contribution in [0.25, 0.3) is 10.8 Å². The van der Waals surface area contributed by atoms with Crippen molar-refractivity contribution in [2.24, 2.45) is 0 Å². The fourth-order valence-corrected chi connectivity index (χ4v) is 5.33. The van der Waals surface area contributed by atoms with Crippen molar-refractivity contribution in [1.29, 1.82) is 0 Å². The van der Waals surface area contributed by atoms with Crippen molar-refractivity contribution in [3.63, 3.8) is 0 Å². The molecule has 156 valence electrons. The zero-order valence-corrected chi connectivity index (χ0v) is 18.6. The second kappa shape index (κ2) is 7.77. The third kappa shape index (κ3) is 3.27. The van der Waals surface area contributed by atoms with Crippen molar-refractivity contribution >= 4 is 10.8 Å². The van der Waals surface area contributed by atoms with Crippen LogP contribution < -0.4 is 9.47 Å². The first-order chi connectivity index (χ1) is 15.1. The number of benzene rings is 4. The van der Waals surface area contributed by atoms with E-state index < -0.39 is 0 Å². The first kappa shape index (κ1) is 19.7. The highest BCUT2D eigenvalue weighted by molar-refractivity contribution is 5.93. The van der Waals surface area contributed by atoms with Crippen LogP contribution in [-0.4, -0.2) is 14.2 Å². The van der Waals surface area contributed by atoms with Gasteiger partial charge in [0.15, 0.2) is 0 Å². The molecule has 0 amide bonds. The standard InChI is InChI=1S/C29H28O2/c1-18-5-7-22-8-6-19(2)28-26(21-11-15-24(31-4)16-12-21)17-25(27(18)29(22)28)20-9-13-23(30-3)14-10-20/h5-16,25-26H,17H2,1-4H3/t25-,26-/m0/s1. The summed E-state index contributed by atoms with van der Waals surface area (Å²) in [6.07, 6.45) is 1.05. The number of ether oxygens (including phenoxy) is 2. The summed E-state index contributed by atoms with van der Waals surface area (Å²) in [6.45, 7) is 4.51. The van der Waals surface area contributed by atoms with Crippen LogP contribution in [-0.2, 0) is 0 Å². The second-order valence-electron chi connectivity index (χ2n) is 8.58. The lowest BCUT2D eigenvalue weighted by Gasteiger charge is -2.35. The predicted octanol–water partition coefficient (Wildman–Crippen LogP) is 7.14. The Kier molecular flexibility index (Phi) is 4.94. The van der Waals surface area contributed by atoms with Gasteiger partial charge in [-0.2, -0.15) is 0 Å². The average Bonchev–Trinajstić information content (AvgIpc) is 2.82. The number of rotatable bonds is 4. The second-order valence-corrected chi connectivity index (χ2v) is 8.58. The Morgan fingerprint density at radius 3 is 1.39 bits per heavy atom. The maximum Gasteiger partial charge on any atom is 0.118 e. The summed E-state index contributed by atoms with van der Waals surface area (Å²) in [5, 5.41) is 2.77. The molecule has 0 spiro atoms. The summed E-state index contributed by atoms with van der Waals surface area (Å²) in [4.78, 5) is 0. The highest BCUT2D eigenvalue weighted by Crippen LogP contribution is 2.50. The van der Waals surface area contributed by atoms with E-state index in [1.165, 1.54) is 44.2 Å². The molecule has 0 radical (unpaired) electrons. The molecule has 2 heteroatoms. The van der Waals surface area contributed by atoms with Crippen molar-refractivity contribution in [3.05, 3.63) is 106 Å². The molecule has 1 aliphatic carbocycles. The summed E-state index contributed by atoms with van der Waals surface area (Å²) in [5.74, 6) is 2.49. The van der Waals surface area contributed by atoms with Crippen molar-refractivity contribution in [3.8, 4) is 11.5 Å². The molecule has 1 aliphatic rings. The summed E-state index contributed by atoms with van der Waals surface area (Å²) >= 11 is 0. The molecule has 4 aromatic rings. The molecule has 0 saturated heterocycles. The summed E-state index contributed by atoms with van der Waals surface area (Å²) < 4.78 is 10.8. The molecular weight excluding hydrogens is 380 g/mol. The zero-order chi connectivity index (χ0) is 21.5. The van der Waals surface area contributed by atoms with Crippen LogP contribution in [0.5, 0.6) is 11.5 Å². The maximum absolute atomic E-state index is 5.41. The fourth-order valence-electron chi connectivity index (χ4n) is 5.33. The SMILES string of the molecule is COc1ccc([C@@H]2C[C@@H](c3ccc(OC)cc3)c3c(C)ccc4ccc(C)c2c34)cc1. The van der Waals surface area contributed by atoms with Crippen LogP contribution in [0.3, 0.4) is 0 Å². The highest BCUT2D eigenvalue weighted by Gasteiger charge is 2.33. The van der Waals surface area contributed by atoms with Crippen LogP contribution in [0.1, 0.15) is 51.6 Å². The number of hydrogen-bond donors (Lipinski definition) is 0. The Bertz CT molecular complexity index is 1140. The Balaban J connectivity index is 1.76. The van der Waals surface area contributed by atoms with Gasteiger partial charge in [0.2, 0.25) is 0 Å². The van der Waals surface area contributed by atoms with Gasteiger partial charge in [0, 0.05) is 11.8 Å². The number of aryl methyl sites for hydroxylation is 2. The molecule has 0 heterocycles. The fraction of sp³-hybridized carbons (Fsp3) is 0.241. The van der Waals surface area contributed by atoms with Gasteiger partial charge in [0.25, 0.3) is 0 Å². The topological polar surface area (TPSA) is 18.5 Å². The zero-order valence-electron chi connectivity index (χ0n) is 18.6. The lowest BCUT2D eigenvalue weighted by Crippen LogP contribution is -2.18. The molecule has 2 atom stereocenters. The summed E-state index contributed by atoms with van der Waals surface area (Å²) in [7, 11) is 3.44. The molecule has 5 rings (SSSR count). The number of methoxy groups -OCH3 is 2. The third-order valence-electron chi connectivity index (χ3n) is 6.91. The van der Waals surface area contributed by atoms with Crippen LogP contribution in [0, 0.1) is 13.8 Å². The van der Waals surface area contributed by atoms with E-state index in [1.807, 2.05) is 0 Å². The van der Waals surface area contributed by atoms with Gasteiger partial charge in [0.05, 0.1) is 14.2 Å². The van der Waals surface area contributed by atoms with Crippen molar-refractivity contribution in [2.75, 3.05) is 14.2 Å². The molecule has 2 nitrogen and oxygen atoms in total. The quantitative estimate of drug-likeness (QED) is 0.357. The van der Waals surface area contributed by atoms with Crippen molar-refractivity contribution in [1.82, 2.24) is 0 Å². The Morgan fingerprint density at radius 2 is 1.00 bits per heavy atom. The van der Waals surface area contributed by atoms with E-state index in [9.17, 15) is 0 Å². The molecule has 0 unspecified atom stereocenters. The Hall–Kier alpha value is -3.26. The van der Waals surface area contributed by atoms with E-state index in [-0.39, 0.29) is 0 Å². The molecule has 0 N–H and O–H groups in total. The number of hydrogen-bond acceptors (Lipinski definition) is 2.